The van der Waals surface area contributed by atoms with Gasteiger partial charge in [-0.3, -0.25) is 9.20 Å². The van der Waals surface area contributed by atoms with Crippen molar-refractivity contribution in [2.75, 3.05) is 13.7 Å². The minimum atomic E-state index is -0.0133. The van der Waals surface area contributed by atoms with Crippen molar-refractivity contribution in [2.45, 2.75) is 12.8 Å². The second kappa shape index (κ2) is 6.62. The number of amides is 1. The molecule has 0 aliphatic carbocycles. The molecule has 114 valence electrons. The van der Waals surface area contributed by atoms with Gasteiger partial charge in [0, 0.05) is 24.3 Å². The van der Waals surface area contributed by atoms with Crippen LogP contribution in [0.4, 0.5) is 0 Å². The van der Waals surface area contributed by atoms with E-state index in [1.54, 1.807) is 18.4 Å². The number of carbonyl (C=O) groups is 1. The zero-order valence-corrected chi connectivity index (χ0v) is 13.1. The van der Waals surface area contributed by atoms with Crippen molar-refractivity contribution in [2.24, 2.45) is 0 Å². The molecule has 0 atom stereocenters. The number of aromatic nitrogens is 2. The van der Waals surface area contributed by atoms with Crippen LogP contribution in [-0.2, 0) is 17.6 Å². The van der Waals surface area contributed by atoms with Crippen molar-refractivity contribution in [1.82, 2.24) is 14.7 Å². The van der Waals surface area contributed by atoms with Gasteiger partial charge in [-0.25, -0.2) is 4.98 Å². The van der Waals surface area contributed by atoms with Crippen LogP contribution >= 0.6 is 11.3 Å². The molecule has 0 unspecified atom stereocenters. The van der Waals surface area contributed by atoms with Crippen molar-refractivity contribution in [3.05, 3.63) is 53.3 Å². The summed E-state index contributed by atoms with van der Waals surface area (Å²) in [5, 5.41) is 4.90. The van der Waals surface area contributed by atoms with Crippen LogP contribution in [0.25, 0.3) is 4.96 Å². The van der Waals surface area contributed by atoms with Gasteiger partial charge in [-0.15, -0.1) is 11.3 Å². The largest absolute Gasteiger partial charge is 0.496 e. The van der Waals surface area contributed by atoms with Crippen molar-refractivity contribution >= 4 is 22.2 Å². The number of para-hydroxylation sites is 1. The highest BCUT2D eigenvalue weighted by atomic mass is 32.1. The molecule has 5 nitrogen and oxygen atoms in total. The first-order valence-corrected chi connectivity index (χ1v) is 7.94. The van der Waals surface area contributed by atoms with Gasteiger partial charge >= 0.3 is 0 Å². The van der Waals surface area contributed by atoms with Crippen LogP contribution < -0.4 is 10.1 Å². The summed E-state index contributed by atoms with van der Waals surface area (Å²) in [4.78, 5) is 17.3. The Morgan fingerprint density at radius 2 is 2.27 bits per heavy atom. The number of nitrogens with zero attached hydrogens (tertiary/aromatic N) is 2. The maximum Gasteiger partial charge on any atom is 0.226 e. The molecular weight excluding hydrogens is 298 g/mol. The van der Waals surface area contributed by atoms with Gasteiger partial charge in [-0.2, -0.15) is 0 Å². The van der Waals surface area contributed by atoms with Gasteiger partial charge in [-0.1, -0.05) is 18.2 Å². The summed E-state index contributed by atoms with van der Waals surface area (Å²) in [7, 11) is 1.65. The SMILES string of the molecule is COc1ccccc1CCNC(=O)Cc1cn2ccsc2n1. The summed E-state index contributed by atoms with van der Waals surface area (Å²) in [5.74, 6) is 0.840. The maximum atomic E-state index is 12.0. The number of thiazole rings is 1. The van der Waals surface area contributed by atoms with E-state index in [2.05, 4.69) is 10.3 Å². The van der Waals surface area contributed by atoms with Crippen LogP contribution in [0, 0.1) is 0 Å². The summed E-state index contributed by atoms with van der Waals surface area (Å²) in [5.41, 5.74) is 1.88. The molecule has 2 aromatic heterocycles. The fourth-order valence-electron chi connectivity index (χ4n) is 2.33. The number of hydrogen-bond donors (Lipinski definition) is 1. The minimum Gasteiger partial charge on any atom is -0.496 e. The highest BCUT2D eigenvalue weighted by molar-refractivity contribution is 7.15. The smallest absolute Gasteiger partial charge is 0.226 e. The van der Waals surface area contributed by atoms with E-state index in [1.807, 2.05) is 46.4 Å². The van der Waals surface area contributed by atoms with Gasteiger partial charge in [0.2, 0.25) is 5.91 Å². The third kappa shape index (κ3) is 3.28. The van der Waals surface area contributed by atoms with Gasteiger partial charge in [0.1, 0.15) is 5.75 Å². The van der Waals surface area contributed by atoms with E-state index in [1.165, 1.54) is 0 Å². The van der Waals surface area contributed by atoms with Crippen LogP contribution in [0.2, 0.25) is 0 Å². The Kier molecular flexibility index (Phi) is 4.39. The van der Waals surface area contributed by atoms with Crippen LogP contribution in [0.1, 0.15) is 11.3 Å². The lowest BCUT2D eigenvalue weighted by atomic mass is 10.1. The fraction of sp³-hybridized carbons (Fsp3) is 0.250. The highest BCUT2D eigenvalue weighted by Gasteiger charge is 2.08. The second-order valence-corrected chi connectivity index (χ2v) is 5.79. The van der Waals surface area contributed by atoms with Crippen molar-refractivity contribution < 1.29 is 9.53 Å². The molecular formula is C16H17N3O2S. The standard InChI is InChI=1S/C16H17N3O2S/c1-21-14-5-3-2-4-12(14)6-7-17-15(20)10-13-11-19-8-9-22-16(19)18-13/h2-5,8-9,11H,6-7,10H2,1H3,(H,17,20). The van der Waals surface area contributed by atoms with E-state index in [4.69, 9.17) is 4.74 Å². The summed E-state index contributed by atoms with van der Waals surface area (Å²) in [6.45, 7) is 0.585. The Bertz CT molecular complexity index is 750. The number of ether oxygens (including phenoxy) is 1. The molecule has 0 aliphatic heterocycles. The van der Waals surface area contributed by atoms with E-state index >= 15 is 0 Å². The summed E-state index contributed by atoms with van der Waals surface area (Å²) >= 11 is 1.56. The Hall–Kier alpha value is -2.34. The molecule has 0 aliphatic rings. The molecule has 0 radical (unpaired) electrons. The van der Waals surface area contributed by atoms with E-state index in [0.29, 0.717) is 13.0 Å². The zero-order chi connectivity index (χ0) is 15.4. The molecule has 2 heterocycles. The number of benzene rings is 1. The lowest BCUT2D eigenvalue weighted by molar-refractivity contribution is -0.120. The average molecular weight is 315 g/mol. The molecule has 1 N–H and O–H groups in total. The van der Waals surface area contributed by atoms with Gasteiger partial charge in [0.25, 0.3) is 0 Å². The minimum absolute atomic E-state index is 0.0133. The van der Waals surface area contributed by atoms with E-state index in [9.17, 15) is 4.79 Å². The lowest BCUT2D eigenvalue weighted by Crippen LogP contribution is -2.27. The molecule has 3 aromatic rings. The second-order valence-electron chi connectivity index (χ2n) is 4.91. The van der Waals surface area contributed by atoms with Gasteiger partial charge in [0.15, 0.2) is 4.96 Å². The summed E-state index contributed by atoms with van der Waals surface area (Å²) < 4.78 is 7.23. The number of nitrogens with one attached hydrogen (secondary N) is 1. The van der Waals surface area contributed by atoms with Gasteiger partial charge in [-0.05, 0) is 18.1 Å². The third-order valence-electron chi connectivity index (χ3n) is 3.39. The molecule has 0 bridgehead atoms. The van der Waals surface area contributed by atoms with E-state index < -0.39 is 0 Å². The molecule has 0 saturated heterocycles. The molecule has 0 spiro atoms. The number of imidazole rings is 1. The number of fused-ring (bicyclic) bond motifs is 1. The van der Waals surface area contributed by atoms with Crippen molar-refractivity contribution in [3.8, 4) is 5.75 Å². The van der Waals surface area contributed by atoms with Crippen LogP contribution in [0.15, 0.2) is 42.0 Å². The average Bonchev–Trinajstić information content (AvgIpc) is 3.09. The van der Waals surface area contributed by atoms with Crippen LogP contribution in [-0.4, -0.2) is 28.9 Å². The van der Waals surface area contributed by atoms with Crippen LogP contribution in [0.5, 0.6) is 5.75 Å². The fourth-order valence-corrected chi connectivity index (χ4v) is 3.05. The number of carbonyl (C=O) groups excluding carboxylic acids is 1. The molecule has 0 fully saturated rings. The molecule has 6 heteroatoms. The van der Waals surface area contributed by atoms with Gasteiger partial charge < -0.3 is 10.1 Å². The number of hydrogen-bond acceptors (Lipinski definition) is 4. The predicted molar refractivity (Wildman–Crippen MR) is 86.5 cm³/mol. The van der Waals surface area contributed by atoms with E-state index in [0.717, 1.165) is 28.4 Å². The maximum absolute atomic E-state index is 12.0. The van der Waals surface area contributed by atoms with Crippen LogP contribution in [0.3, 0.4) is 0 Å². The number of rotatable bonds is 6. The Balaban J connectivity index is 1.51. The first-order chi connectivity index (χ1) is 10.8. The Labute approximate surface area is 132 Å². The molecule has 1 amide bonds. The predicted octanol–water partition coefficient (Wildman–Crippen LogP) is 2.31. The highest BCUT2D eigenvalue weighted by Crippen LogP contribution is 2.17. The normalized spacial score (nSPS) is 10.8. The Morgan fingerprint density at radius 3 is 3.09 bits per heavy atom. The lowest BCUT2D eigenvalue weighted by Gasteiger charge is -2.08. The molecule has 0 saturated carbocycles. The zero-order valence-electron chi connectivity index (χ0n) is 12.3. The monoisotopic (exact) mass is 315 g/mol. The molecule has 1 aromatic carbocycles. The molecule has 22 heavy (non-hydrogen) atoms. The van der Waals surface area contributed by atoms with Crippen molar-refractivity contribution in [3.63, 3.8) is 0 Å². The number of methoxy groups -OCH3 is 1. The topological polar surface area (TPSA) is 55.6 Å². The van der Waals surface area contributed by atoms with Gasteiger partial charge in [0.05, 0.1) is 19.2 Å². The first-order valence-electron chi connectivity index (χ1n) is 7.06. The Morgan fingerprint density at radius 1 is 1.41 bits per heavy atom. The third-order valence-corrected chi connectivity index (χ3v) is 4.16. The quantitative estimate of drug-likeness (QED) is 0.759. The summed E-state index contributed by atoms with van der Waals surface area (Å²) in [6, 6.07) is 7.84. The summed E-state index contributed by atoms with van der Waals surface area (Å²) in [6.07, 6.45) is 4.88. The van der Waals surface area contributed by atoms with Crippen molar-refractivity contribution in [1.29, 1.82) is 0 Å². The first kappa shape index (κ1) is 14.6. The van der Waals surface area contributed by atoms with E-state index in [-0.39, 0.29) is 5.91 Å². The molecule has 3 rings (SSSR count).